The maximum atomic E-state index is 10.9. The van der Waals surface area contributed by atoms with Gasteiger partial charge in [-0.2, -0.15) is 13.7 Å². The van der Waals surface area contributed by atoms with E-state index in [1.807, 2.05) is 24.4 Å². The minimum absolute atomic E-state index is 0.237. The maximum Gasteiger partial charge on any atom is 0.394 e. The number of aromatic carboxylic acids is 1. The number of nitriles is 1. The number of nitrogens with zero attached hydrogens (tertiary/aromatic N) is 3. The molecule has 4 aromatic rings. The van der Waals surface area contributed by atoms with Crippen molar-refractivity contribution in [3.05, 3.63) is 95.6 Å². The van der Waals surface area contributed by atoms with Gasteiger partial charge >= 0.3 is 16.4 Å². The molecule has 192 valence electrons. The highest BCUT2D eigenvalue weighted by atomic mass is 32.3. The van der Waals surface area contributed by atoms with Crippen LogP contribution in [0.1, 0.15) is 27.0 Å². The number of hydrogen-bond donors (Lipinski definition) is 3. The molecule has 3 N–H and O–H groups in total. The van der Waals surface area contributed by atoms with Gasteiger partial charge in [0.05, 0.1) is 17.2 Å². The molecule has 12 heteroatoms. The number of hydrogen-bond acceptors (Lipinski definition) is 8. The van der Waals surface area contributed by atoms with Gasteiger partial charge in [-0.05, 0) is 59.7 Å². The second-order valence-electron chi connectivity index (χ2n) is 7.93. The second-order valence-corrected chi connectivity index (χ2v) is 8.83. The standard InChI is InChI=1S/C13H8N2O.C13H9NO3.H2O4S/c14-6-9-1-2-12-11-3-4-15-7-10(11)8-16-13(12)5-9;15-13(16)8-1-2-11-10-3-4-14-6-9(10)7-17-12(11)5-8;1-5(2,3)4/h1-5,7H,8H2;1-6H,7H2,(H,15,16);(H2,1,2,3,4). The Morgan fingerprint density at radius 3 is 1.82 bits per heavy atom. The number of ether oxygens (including phenoxy) is 2. The van der Waals surface area contributed by atoms with Crippen LogP contribution in [0, 0.1) is 11.3 Å². The number of benzene rings is 2. The summed E-state index contributed by atoms with van der Waals surface area (Å²) in [6.07, 6.45) is 7.07. The van der Waals surface area contributed by atoms with E-state index in [0.29, 0.717) is 24.5 Å². The Labute approximate surface area is 217 Å². The molecule has 4 heterocycles. The molecule has 2 aliphatic rings. The normalized spacial score (nSPS) is 12.0. The summed E-state index contributed by atoms with van der Waals surface area (Å²) < 4.78 is 42.7. The minimum Gasteiger partial charge on any atom is -0.488 e. The first-order valence-corrected chi connectivity index (χ1v) is 12.3. The molecule has 0 fully saturated rings. The van der Waals surface area contributed by atoms with Crippen molar-refractivity contribution in [1.82, 2.24) is 9.97 Å². The summed E-state index contributed by atoms with van der Waals surface area (Å²) in [6, 6.07) is 16.4. The molecule has 0 bridgehead atoms. The Hall–Kier alpha value is -4.83. The van der Waals surface area contributed by atoms with E-state index >= 15 is 0 Å². The first kappa shape index (κ1) is 26.2. The van der Waals surface area contributed by atoms with Crippen molar-refractivity contribution in [3.8, 4) is 39.8 Å². The van der Waals surface area contributed by atoms with Crippen molar-refractivity contribution in [2.24, 2.45) is 0 Å². The van der Waals surface area contributed by atoms with Gasteiger partial charge in [-0.15, -0.1) is 0 Å². The van der Waals surface area contributed by atoms with Gasteiger partial charge in [0.1, 0.15) is 24.7 Å². The summed E-state index contributed by atoms with van der Waals surface area (Å²) in [4.78, 5) is 19.0. The van der Waals surface area contributed by atoms with Gasteiger partial charge in [-0.1, -0.05) is 0 Å². The predicted octanol–water partition coefficient (Wildman–Crippen LogP) is 4.20. The molecule has 0 amide bonds. The maximum absolute atomic E-state index is 10.9. The quantitative estimate of drug-likeness (QED) is 0.298. The van der Waals surface area contributed by atoms with Crippen molar-refractivity contribution >= 4 is 16.4 Å². The zero-order valence-electron chi connectivity index (χ0n) is 19.5. The molecule has 0 unspecified atom stereocenters. The lowest BCUT2D eigenvalue weighted by Crippen LogP contribution is -2.07. The van der Waals surface area contributed by atoms with Gasteiger partial charge in [0, 0.05) is 47.0 Å². The summed E-state index contributed by atoms with van der Waals surface area (Å²) in [5.41, 5.74) is 7.10. The molecule has 0 spiro atoms. The monoisotopic (exact) mass is 533 g/mol. The number of carboxylic acid groups (broad SMARTS) is 1. The zero-order valence-corrected chi connectivity index (χ0v) is 20.3. The van der Waals surface area contributed by atoms with Crippen LogP contribution in [0.4, 0.5) is 0 Å². The largest absolute Gasteiger partial charge is 0.488 e. The van der Waals surface area contributed by atoms with Gasteiger partial charge in [0.25, 0.3) is 0 Å². The SMILES string of the molecule is N#Cc1ccc2c(c1)OCc1cnccc1-2.O=C(O)c1ccc2c(c1)OCc1cnccc1-2.O=S(=O)(O)O. The lowest BCUT2D eigenvalue weighted by molar-refractivity contribution is 0.0696. The minimum atomic E-state index is -4.67. The van der Waals surface area contributed by atoms with E-state index in [2.05, 4.69) is 16.0 Å². The molecule has 38 heavy (non-hydrogen) atoms. The molecule has 2 aliphatic heterocycles. The highest BCUT2D eigenvalue weighted by Crippen LogP contribution is 2.38. The van der Waals surface area contributed by atoms with Crippen molar-refractivity contribution < 1.29 is 36.9 Å². The van der Waals surface area contributed by atoms with Crippen LogP contribution in [0.2, 0.25) is 0 Å². The van der Waals surface area contributed by atoms with Gasteiger partial charge in [-0.25, -0.2) is 4.79 Å². The van der Waals surface area contributed by atoms with Crippen LogP contribution in [-0.4, -0.2) is 38.6 Å². The Morgan fingerprint density at radius 1 is 0.816 bits per heavy atom. The Balaban J connectivity index is 0.000000151. The van der Waals surface area contributed by atoms with Gasteiger partial charge in [0.2, 0.25) is 0 Å². The fourth-order valence-corrected chi connectivity index (χ4v) is 3.85. The van der Waals surface area contributed by atoms with Crippen LogP contribution in [0.5, 0.6) is 11.5 Å². The summed E-state index contributed by atoms with van der Waals surface area (Å²) >= 11 is 0. The van der Waals surface area contributed by atoms with Crippen molar-refractivity contribution in [1.29, 1.82) is 5.26 Å². The van der Waals surface area contributed by atoms with E-state index in [1.165, 1.54) is 0 Å². The van der Waals surface area contributed by atoms with Gasteiger partial charge in [-0.3, -0.25) is 19.1 Å². The lowest BCUT2D eigenvalue weighted by Gasteiger charge is -2.20. The molecular weight excluding hydrogens is 514 g/mol. The molecule has 11 nitrogen and oxygen atoms in total. The molecule has 0 saturated heterocycles. The molecule has 2 aromatic carbocycles. The van der Waals surface area contributed by atoms with Crippen LogP contribution in [0.25, 0.3) is 22.3 Å². The van der Waals surface area contributed by atoms with E-state index in [9.17, 15) is 4.79 Å². The number of rotatable bonds is 1. The van der Waals surface area contributed by atoms with Crippen LogP contribution < -0.4 is 9.47 Å². The van der Waals surface area contributed by atoms with E-state index in [1.54, 1.807) is 48.9 Å². The highest BCUT2D eigenvalue weighted by Gasteiger charge is 2.19. The number of fused-ring (bicyclic) bond motifs is 6. The van der Waals surface area contributed by atoms with Crippen molar-refractivity contribution in [2.45, 2.75) is 13.2 Å². The number of carbonyl (C=O) groups is 1. The fourth-order valence-electron chi connectivity index (χ4n) is 3.85. The smallest absolute Gasteiger partial charge is 0.394 e. The first-order valence-electron chi connectivity index (χ1n) is 10.9. The van der Waals surface area contributed by atoms with Gasteiger partial charge < -0.3 is 14.6 Å². The molecule has 0 saturated carbocycles. The van der Waals surface area contributed by atoms with E-state index in [-0.39, 0.29) is 5.56 Å². The lowest BCUT2D eigenvalue weighted by atomic mass is 9.97. The van der Waals surface area contributed by atoms with Crippen LogP contribution >= 0.6 is 0 Å². The zero-order chi connectivity index (χ0) is 27.3. The average Bonchev–Trinajstić information content (AvgIpc) is 2.91. The third kappa shape index (κ3) is 6.29. The second kappa shape index (κ2) is 11.1. The third-order valence-corrected chi connectivity index (χ3v) is 5.49. The summed E-state index contributed by atoms with van der Waals surface area (Å²) in [5, 5.41) is 17.7. The fraction of sp³-hybridized carbons (Fsp3) is 0.0769. The Morgan fingerprint density at radius 2 is 1.32 bits per heavy atom. The third-order valence-electron chi connectivity index (χ3n) is 5.49. The molecule has 2 aromatic heterocycles. The van der Waals surface area contributed by atoms with Crippen LogP contribution in [0.3, 0.4) is 0 Å². The average molecular weight is 534 g/mol. The number of pyridine rings is 2. The van der Waals surface area contributed by atoms with Crippen molar-refractivity contribution in [3.63, 3.8) is 0 Å². The van der Waals surface area contributed by atoms with E-state index in [4.69, 9.17) is 37.4 Å². The molecule has 0 radical (unpaired) electrons. The molecule has 0 atom stereocenters. The Bertz CT molecular complexity index is 1660. The molecular formula is C26H19N3O8S. The number of aromatic nitrogens is 2. The van der Waals surface area contributed by atoms with E-state index < -0.39 is 16.4 Å². The molecule has 6 rings (SSSR count). The van der Waals surface area contributed by atoms with Crippen LogP contribution in [0.15, 0.2) is 73.3 Å². The van der Waals surface area contributed by atoms with E-state index in [0.717, 1.165) is 39.1 Å². The molecule has 0 aliphatic carbocycles. The summed E-state index contributed by atoms with van der Waals surface area (Å²) in [7, 11) is -4.67. The van der Waals surface area contributed by atoms with Crippen molar-refractivity contribution in [2.75, 3.05) is 0 Å². The predicted molar refractivity (Wildman–Crippen MR) is 134 cm³/mol. The Kier molecular flexibility index (Phi) is 7.63. The number of carboxylic acids is 1. The first-order chi connectivity index (χ1) is 18.1. The van der Waals surface area contributed by atoms with Crippen LogP contribution in [-0.2, 0) is 23.6 Å². The summed E-state index contributed by atoms with van der Waals surface area (Å²) in [5.74, 6) is 0.443. The van der Waals surface area contributed by atoms with Gasteiger partial charge in [0.15, 0.2) is 0 Å². The summed E-state index contributed by atoms with van der Waals surface area (Å²) in [6.45, 7) is 0.949. The highest BCUT2D eigenvalue weighted by molar-refractivity contribution is 7.79. The topological polar surface area (TPSA) is 180 Å².